The van der Waals surface area contributed by atoms with Gasteiger partial charge in [0.25, 0.3) is 0 Å². The van der Waals surface area contributed by atoms with Crippen LogP contribution in [0, 0.1) is 18.3 Å². The van der Waals surface area contributed by atoms with Gasteiger partial charge in [-0.1, -0.05) is 11.8 Å². The van der Waals surface area contributed by atoms with Crippen LogP contribution in [0.25, 0.3) is 0 Å². The van der Waals surface area contributed by atoms with Gasteiger partial charge in [-0.3, -0.25) is 9.59 Å². The molecule has 0 radical (unpaired) electrons. The summed E-state index contributed by atoms with van der Waals surface area (Å²) in [6.07, 6.45) is 0.0806. The molecule has 1 fully saturated rings. The highest BCUT2D eigenvalue weighted by molar-refractivity contribution is 8.00. The molecule has 1 atom stereocenters. The van der Waals surface area contributed by atoms with Crippen LogP contribution in [0.4, 0.5) is 5.69 Å². The Morgan fingerprint density at radius 2 is 2.00 bits per heavy atom. The molecule has 0 spiro atoms. The normalized spacial score (nSPS) is 16.7. The van der Waals surface area contributed by atoms with E-state index in [-0.39, 0.29) is 18.2 Å². The number of rotatable bonds is 5. The Morgan fingerprint density at radius 3 is 2.65 bits per heavy atom. The van der Waals surface area contributed by atoms with Gasteiger partial charge in [0.2, 0.25) is 11.8 Å². The van der Waals surface area contributed by atoms with Crippen LogP contribution in [-0.4, -0.2) is 28.7 Å². The number of imide groups is 1. The maximum absolute atomic E-state index is 12.8. The average Bonchev–Trinajstić information content (AvgIpc) is 2.90. The number of pyridine rings is 1. The highest BCUT2D eigenvalue weighted by atomic mass is 32.2. The number of carbonyl (C=O) groups is 2. The van der Waals surface area contributed by atoms with Crippen LogP contribution in [0.15, 0.2) is 41.4 Å². The van der Waals surface area contributed by atoms with E-state index in [2.05, 4.69) is 11.1 Å². The summed E-state index contributed by atoms with van der Waals surface area (Å²) in [7, 11) is 0. The number of amides is 2. The van der Waals surface area contributed by atoms with Crippen molar-refractivity contribution in [2.75, 3.05) is 11.5 Å². The highest BCUT2D eigenvalue weighted by Gasteiger charge is 2.40. The Morgan fingerprint density at radius 1 is 1.27 bits per heavy atom. The summed E-state index contributed by atoms with van der Waals surface area (Å²) in [6, 6.07) is 12.4. The number of nitrogens with zero attached hydrogens (tertiary/aromatic N) is 3. The molecule has 1 saturated heterocycles. The third kappa shape index (κ3) is 3.55. The van der Waals surface area contributed by atoms with Gasteiger partial charge in [0.1, 0.15) is 16.8 Å². The number of aryl methyl sites for hydroxylation is 1. The molecule has 7 heteroatoms. The summed E-state index contributed by atoms with van der Waals surface area (Å²) in [6.45, 7) is 4.25. The van der Waals surface area contributed by atoms with Crippen molar-refractivity contribution in [2.45, 2.75) is 30.5 Å². The van der Waals surface area contributed by atoms with E-state index in [0.717, 1.165) is 5.69 Å². The zero-order chi connectivity index (χ0) is 18.7. The van der Waals surface area contributed by atoms with Gasteiger partial charge in [-0.25, -0.2) is 9.88 Å². The minimum Gasteiger partial charge on any atom is -0.494 e. The summed E-state index contributed by atoms with van der Waals surface area (Å²) in [4.78, 5) is 30.7. The minimum atomic E-state index is -0.588. The number of thioether (sulfide) groups is 1. The van der Waals surface area contributed by atoms with Gasteiger partial charge in [-0.2, -0.15) is 5.26 Å². The van der Waals surface area contributed by atoms with Crippen molar-refractivity contribution in [1.29, 1.82) is 5.26 Å². The van der Waals surface area contributed by atoms with Crippen molar-refractivity contribution in [1.82, 2.24) is 4.98 Å². The Labute approximate surface area is 155 Å². The second kappa shape index (κ2) is 7.58. The molecule has 2 heterocycles. The largest absolute Gasteiger partial charge is 0.494 e. The first-order valence-electron chi connectivity index (χ1n) is 8.17. The van der Waals surface area contributed by atoms with E-state index in [1.165, 1.54) is 16.7 Å². The van der Waals surface area contributed by atoms with Crippen LogP contribution in [0.3, 0.4) is 0 Å². The standard InChI is InChI=1S/C19H17N3O3S/c1-3-25-15-8-6-14(7-9-15)22-17(23)10-16(19(22)24)26-18-13(11-20)5-4-12(2)21-18/h4-9,16H,3,10H2,1-2H3/t16-/m0/s1. The molecule has 0 aliphatic carbocycles. The van der Waals surface area contributed by atoms with Crippen molar-refractivity contribution < 1.29 is 14.3 Å². The fourth-order valence-electron chi connectivity index (χ4n) is 2.67. The molecule has 1 aliphatic heterocycles. The molecule has 0 saturated carbocycles. The molecule has 26 heavy (non-hydrogen) atoms. The summed E-state index contributed by atoms with van der Waals surface area (Å²) < 4.78 is 5.38. The van der Waals surface area contributed by atoms with Crippen molar-refractivity contribution in [3.63, 3.8) is 0 Å². The van der Waals surface area contributed by atoms with Crippen LogP contribution in [0.2, 0.25) is 0 Å². The lowest BCUT2D eigenvalue weighted by atomic mass is 10.3. The van der Waals surface area contributed by atoms with E-state index in [9.17, 15) is 14.9 Å². The maximum atomic E-state index is 12.8. The number of hydrogen-bond donors (Lipinski definition) is 0. The molecule has 6 nitrogen and oxygen atoms in total. The first kappa shape index (κ1) is 18.0. The fourth-order valence-corrected chi connectivity index (χ4v) is 3.81. The smallest absolute Gasteiger partial charge is 0.247 e. The van der Waals surface area contributed by atoms with Crippen molar-refractivity contribution in [2.24, 2.45) is 0 Å². The first-order chi connectivity index (χ1) is 12.5. The summed E-state index contributed by atoms with van der Waals surface area (Å²) in [5.41, 5.74) is 1.68. The van der Waals surface area contributed by atoms with E-state index >= 15 is 0 Å². The number of hydrogen-bond acceptors (Lipinski definition) is 6. The van der Waals surface area contributed by atoms with Gasteiger partial charge in [0, 0.05) is 12.1 Å². The van der Waals surface area contributed by atoms with Crippen LogP contribution in [-0.2, 0) is 9.59 Å². The minimum absolute atomic E-state index is 0.0806. The Kier molecular flexibility index (Phi) is 5.24. The molecular formula is C19H17N3O3S. The van der Waals surface area contributed by atoms with E-state index < -0.39 is 5.25 Å². The maximum Gasteiger partial charge on any atom is 0.247 e. The molecule has 1 aromatic heterocycles. The van der Waals surface area contributed by atoms with Gasteiger partial charge in [-0.05, 0) is 50.2 Å². The van der Waals surface area contributed by atoms with Crippen molar-refractivity contribution in [3.05, 3.63) is 47.7 Å². The van der Waals surface area contributed by atoms with E-state index in [1.54, 1.807) is 36.4 Å². The predicted octanol–water partition coefficient (Wildman–Crippen LogP) is 3.08. The molecule has 2 aromatic rings. The number of nitriles is 1. The molecule has 132 valence electrons. The monoisotopic (exact) mass is 367 g/mol. The fraction of sp³-hybridized carbons (Fsp3) is 0.263. The Balaban J connectivity index is 1.81. The van der Waals surface area contributed by atoms with Crippen LogP contribution >= 0.6 is 11.8 Å². The summed E-state index contributed by atoms with van der Waals surface area (Å²) in [5.74, 6) is 0.128. The SMILES string of the molecule is CCOc1ccc(N2C(=O)C[C@H](Sc3nc(C)ccc3C#N)C2=O)cc1. The first-order valence-corrected chi connectivity index (χ1v) is 9.05. The number of anilines is 1. The lowest BCUT2D eigenvalue weighted by Crippen LogP contribution is -2.31. The number of benzene rings is 1. The van der Waals surface area contributed by atoms with Gasteiger partial charge >= 0.3 is 0 Å². The topological polar surface area (TPSA) is 83.3 Å². The summed E-state index contributed by atoms with van der Waals surface area (Å²) in [5, 5.41) is 9.11. The zero-order valence-corrected chi connectivity index (χ0v) is 15.2. The van der Waals surface area contributed by atoms with Crippen molar-refractivity contribution in [3.8, 4) is 11.8 Å². The van der Waals surface area contributed by atoms with E-state index in [0.29, 0.717) is 28.6 Å². The van der Waals surface area contributed by atoms with Gasteiger partial charge in [-0.15, -0.1) is 0 Å². The number of carbonyl (C=O) groups excluding carboxylic acids is 2. The lowest BCUT2D eigenvalue weighted by Gasteiger charge is -2.15. The number of aromatic nitrogens is 1. The van der Waals surface area contributed by atoms with E-state index in [4.69, 9.17) is 4.74 Å². The predicted molar refractivity (Wildman–Crippen MR) is 98.1 cm³/mol. The average molecular weight is 367 g/mol. The highest BCUT2D eigenvalue weighted by Crippen LogP contribution is 2.35. The van der Waals surface area contributed by atoms with Crippen LogP contribution in [0.1, 0.15) is 24.6 Å². The van der Waals surface area contributed by atoms with Gasteiger partial charge in [0.05, 0.1) is 23.1 Å². The second-order valence-electron chi connectivity index (χ2n) is 5.72. The zero-order valence-electron chi connectivity index (χ0n) is 14.4. The molecule has 0 unspecified atom stereocenters. The van der Waals surface area contributed by atoms with Crippen LogP contribution in [0.5, 0.6) is 5.75 Å². The third-order valence-corrected chi connectivity index (χ3v) is 5.07. The lowest BCUT2D eigenvalue weighted by molar-refractivity contribution is -0.121. The van der Waals surface area contributed by atoms with Crippen LogP contribution < -0.4 is 9.64 Å². The summed E-state index contributed by atoms with van der Waals surface area (Å²) >= 11 is 1.17. The molecule has 1 aromatic carbocycles. The number of ether oxygens (including phenoxy) is 1. The molecule has 2 amide bonds. The molecular weight excluding hydrogens is 350 g/mol. The molecule has 1 aliphatic rings. The Hall–Kier alpha value is -2.85. The molecule has 0 bridgehead atoms. The molecule has 3 rings (SSSR count). The Bertz CT molecular complexity index is 890. The quantitative estimate of drug-likeness (QED) is 0.755. The third-order valence-electron chi connectivity index (χ3n) is 3.89. The van der Waals surface area contributed by atoms with Gasteiger partial charge < -0.3 is 4.74 Å². The molecule has 0 N–H and O–H groups in total. The second-order valence-corrected chi connectivity index (χ2v) is 6.91. The van der Waals surface area contributed by atoms with E-state index in [1.807, 2.05) is 13.8 Å². The van der Waals surface area contributed by atoms with Crippen molar-refractivity contribution >= 4 is 29.3 Å². The van der Waals surface area contributed by atoms with Gasteiger partial charge in [0.15, 0.2) is 0 Å².